The number of benzene rings is 2. The van der Waals surface area contributed by atoms with Gasteiger partial charge in [-0.15, -0.1) is 0 Å². The highest BCUT2D eigenvalue weighted by Gasteiger charge is 2.12. The maximum absolute atomic E-state index is 8.86. The van der Waals surface area contributed by atoms with Gasteiger partial charge in [0.15, 0.2) is 12.7 Å². The maximum atomic E-state index is 8.86. The number of hydrogen-bond donors (Lipinski definition) is 0. The molecule has 0 aliphatic rings. The molecule has 0 amide bonds. The van der Waals surface area contributed by atoms with Crippen molar-refractivity contribution in [2.24, 2.45) is 0 Å². The molecule has 0 unspecified atom stereocenters. The molecule has 0 aliphatic carbocycles. The molecule has 0 N–H and O–H groups in total. The van der Waals surface area contributed by atoms with Crippen molar-refractivity contribution < 1.29 is 4.57 Å². The average Bonchev–Trinajstić information content (AvgIpc) is 2.57. The van der Waals surface area contributed by atoms with Crippen molar-refractivity contribution in [3.8, 4) is 17.3 Å². The first-order valence-electron chi connectivity index (χ1n) is 6.90. The second-order valence-electron chi connectivity index (χ2n) is 4.89. The van der Waals surface area contributed by atoms with Gasteiger partial charge in [-0.3, -0.25) is 0 Å². The first kappa shape index (κ1) is 13.1. The minimum absolute atomic E-state index is 0.695. The SMILES string of the molecule is N#Cc1ccc(C[n+]2ccccc2-c2ccccc2)cc1. The second kappa shape index (κ2) is 6.02. The molecule has 0 atom stereocenters. The van der Waals surface area contributed by atoms with E-state index in [1.165, 1.54) is 16.8 Å². The summed E-state index contributed by atoms with van der Waals surface area (Å²) < 4.78 is 2.22. The van der Waals surface area contributed by atoms with E-state index in [0.717, 1.165) is 6.54 Å². The van der Waals surface area contributed by atoms with Crippen molar-refractivity contribution in [2.45, 2.75) is 6.54 Å². The van der Waals surface area contributed by atoms with Gasteiger partial charge in [0.25, 0.3) is 0 Å². The summed E-state index contributed by atoms with van der Waals surface area (Å²) in [5.41, 5.74) is 4.26. The van der Waals surface area contributed by atoms with E-state index in [4.69, 9.17) is 5.26 Å². The Morgan fingerprint density at radius 2 is 1.52 bits per heavy atom. The summed E-state index contributed by atoms with van der Waals surface area (Å²) in [6.45, 7) is 0.788. The lowest BCUT2D eigenvalue weighted by Gasteiger charge is -2.04. The monoisotopic (exact) mass is 271 g/mol. The molecule has 21 heavy (non-hydrogen) atoms. The summed E-state index contributed by atoms with van der Waals surface area (Å²) in [7, 11) is 0. The molecule has 0 spiro atoms. The van der Waals surface area contributed by atoms with Crippen molar-refractivity contribution in [1.29, 1.82) is 5.26 Å². The molecule has 2 aromatic carbocycles. The normalized spacial score (nSPS) is 10.0. The summed E-state index contributed by atoms with van der Waals surface area (Å²) in [4.78, 5) is 0. The van der Waals surface area contributed by atoms with Gasteiger partial charge in [0.05, 0.1) is 11.6 Å². The lowest BCUT2D eigenvalue weighted by molar-refractivity contribution is -0.677. The number of nitriles is 1. The van der Waals surface area contributed by atoms with Crippen LogP contribution in [-0.4, -0.2) is 0 Å². The largest absolute Gasteiger partial charge is 0.212 e. The predicted molar refractivity (Wildman–Crippen MR) is 82.3 cm³/mol. The molecule has 100 valence electrons. The minimum Gasteiger partial charge on any atom is -0.194 e. The molecular weight excluding hydrogens is 256 g/mol. The molecule has 1 aromatic heterocycles. The van der Waals surface area contributed by atoms with E-state index in [2.05, 4.69) is 41.1 Å². The van der Waals surface area contributed by atoms with E-state index < -0.39 is 0 Å². The van der Waals surface area contributed by atoms with Crippen molar-refractivity contribution in [1.82, 2.24) is 0 Å². The zero-order valence-electron chi connectivity index (χ0n) is 11.6. The van der Waals surface area contributed by atoms with Crippen LogP contribution in [0.3, 0.4) is 0 Å². The summed E-state index contributed by atoms with van der Waals surface area (Å²) in [5, 5.41) is 8.86. The predicted octanol–water partition coefficient (Wildman–Crippen LogP) is 3.56. The van der Waals surface area contributed by atoms with Gasteiger partial charge >= 0.3 is 0 Å². The zero-order chi connectivity index (χ0) is 14.5. The molecule has 0 fully saturated rings. The summed E-state index contributed by atoms with van der Waals surface area (Å²) in [6.07, 6.45) is 2.08. The van der Waals surface area contributed by atoms with Crippen molar-refractivity contribution in [3.05, 3.63) is 90.1 Å². The molecule has 2 nitrogen and oxygen atoms in total. The lowest BCUT2D eigenvalue weighted by atomic mass is 10.1. The molecule has 2 heteroatoms. The van der Waals surface area contributed by atoms with Crippen LogP contribution in [-0.2, 0) is 6.54 Å². The van der Waals surface area contributed by atoms with Crippen LogP contribution in [0.25, 0.3) is 11.3 Å². The summed E-state index contributed by atoms with van der Waals surface area (Å²) in [6, 6.07) is 26.5. The van der Waals surface area contributed by atoms with Crippen LogP contribution >= 0.6 is 0 Å². The smallest absolute Gasteiger partial charge is 0.194 e. The quantitative estimate of drug-likeness (QED) is 0.669. The van der Waals surface area contributed by atoms with Gasteiger partial charge < -0.3 is 0 Å². The Kier molecular flexibility index (Phi) is 3.75. The summed E-state index contributed by atoms with van der Waals surface area (Å²) in [5.74, 6) is 0. The molecule has 3 aromatic rings. The highest BCUT2D eigenvalue weighted by atomic mass is 15.0. The van der Waals surface area contributed by atoms with E-state index >= 15 is 0 Å². The first-order valence-corrected chi connectivity index (χ1v) is 6.90. The summed E-state index contributed by atoms with van der Waals surface area (Å²) >= 11 is 0. The third-order valence-corrected chi connectivity index (χ3v) is 3.45. The van der Waals surface area contributed by atoms with Crippen LogP contribution in [0.2, 0.25) is 0 Å². The van der Waals surface area contributed by atoms with E-state index in [0.29, 0.717) is 5.56 Å². The van der Waals surface area contributed by atoms with E-state index in [1.807, 2.05) is 48.5 Å². The molecule has 0 aliphatic heterocycles. The molecule has 0 saturated heterocycles. The average molecular weight is 271 g/mol. The van der Waals surface area contributed by atoms with Gasteiger partial charge in [0.1, 0.15) is 0 Å². The number of hydrogen-bond acceptors (Lipinski definition) is 1. The highest BCUT2D eigenvalue weighted by molar-refractivity contribution is 5.55. The Morgan fingerprint density at radius 3 is 2.24 bits per heavy atom. The number of rotatable bonds is 3. The van der Waals surface area contributed by atoms with Crippen LogP contribution < -0.4 is 4.57 Å². The Balaban J connectivity index is 1.94. The van der Waals surface area contributed by atoms with Crippen LogP contribution in [0.15, 0.2) is 79.0 Å². The standard InChI is InChI=1S/C19H15N2/c20-14-16-9-11-17(12-10-16)15-21-13-5-4-8-19(21)18-6-2-1-3-7-18/h1-13H,15H2/q+1. The molecule has 0 bridgehead atoms. The van der Waals surface area contributed by atoms with Gasteiger partial charge in [-0.05, 0) is 30.3 Å². The van der Waals surface area contributed by atoms with Gasteiger partial charge in [-0.25, -0.2) is 0 Å². The number of aromatic nitrogens is 1. The van der Waals surface area contributed by atoms with E-state index in [1.54, 1.807) is 0 Å². The lowest BCUT2D eigenvalue weighted by Crippen LogP contribution is -2.36. The minimum atomic E-state index is 0.695. The van der Waals surface area contributed by atoms with Crippen molar-refractivity contribution in [2.75, 3.05) is 0 Å². The van der Waals surface area contributed by atoms with E-state index in [9.17, 15) is 0 Å². The van der Waals surface area contributed by atoms with Crippen LogP contribution in [0.4, 0.5) is 0 Å². The van der Waals surface area contributed by atoms with Gasteiger partial charge in [-0.2, -0.15) is 9.83 Å². The zero-order valence-corrected chi connectivity index (χ0v) is 11.6. The third kappa shape index (κ3) is 2.98. The fraction of sp³-hybridized carbons (Fsp3) is 0.0526. The maximum Gasteiger partial charge on any atom is 0.212 e. The molecule has 1 heterocycles. The molecule has 3 rings (SSSR count). The Morgan fingerprint density at radius 1 is 0.810 bits per heavy atom. The van der Waals surface area contributed by atoms with Gasteiger partial charge in [0, 0.05) is 23.3 Å². The Labute approximate surface area is 124 Å². The van der Waals surface area contributed by atoms with Gasteiger partial charge in [-0.1, -0.05) is 30.3 Å². The topological polar surface area (TPSA) is 27.7 Å². The Bertz CT molecular complexity index is 769. The van der Waals surface area contributed by atoms with E-state index in [-0.39, 0.29) is 0 Å². The van der Waals surface area contributed by atoms with Crippen molar-refractivity contribution >= 4 is 0 Å². The molecule has 0 radical (unpaired) electrons. The fourth-order valence-corrected chi connectivity index (χ4v) is 2.37. The highest BCUT2D eigenvalue weighted by Crippen LogP contribution is 2.14. The third-order valence-electron chi connectivity index (χ3n) is 3.45. The molecule has 0 saturated carbocycles. The second-order valence-corrected chi connectivity index (χ2v) is 4.89. The first-order chi connectivity index (χ1) is 10.4. The number of nitrogens with zero attached hydrogens (tertiary/aromatic N) is 2. The van der Waals surface area contributed by atoms with Crippen molar-refractivity contribution in [3.63, 3.8) is 0 Å². The molecular formula is C19H15N2+. The number of pyridine rings is 1. The van der Waals surface area contributed by atoms with Gasteiger partial charge in [0.2, 0.25) is 5.69 Å². The fourth-order valence-electron chi connectivity index (χ4n) is 2.37. The van der Waals surface area contributed by atoms with Crippen LogP contribution in [0.5, 0.6) is 0 Å². The van der Waals surface area contributed by atoms with Crippen LogP contribution in [0.1, 0.15) is 11.1 Å². The Hall–Kier alpha value is -2.92. The van der Waals surface area contributed by atoms with Crippen LogP contribution in [0, 0.1) is 11.3 Å².